The maximum atomic E-state index is 12.1. The van der Waals surface area contributed by atoms with Crippen LogP contribution in [-0.2, 0) is 0 Å². The van der Waals surface area contributed by atoms with Crippen molar-refractivity contribution in [2.75, 3.05) is 23.3 Å². The lowest BCUT2D eigenvalue weighted by Gasteiger charge is -2.19. The van der Waals surface area contributed by atoms with Gasteiger partial charge in [0, 0.05) is 29.8 Å². The molecule has 0 bridgehead atoms. The van der Waals surface area contributed by atoms with Crippen molar-refractivity contribution in [2.45, 2.75) is 12.5 Å². The number of para-hydroxylation sites is 1. The number of carbonyl (C=O) groups is 1. The number of nitrogens with one attached hydrogen (secondary N) is 2. The largest absolute Gasteiger partial charge is 0.369 e. The number of rotatable bonds is 3. The van der Waals surface area contributed by atoms with E-state index in [9.17, 15) is 4.79 Å². The van der Waals surface area contributed by atoms with E-state index in [1.807, 2.05) is 18.2 Å². The predicted molar refractivity (Wildman–Crippen MR) is 95.7 cm³/mol. The van der Waals surface area contributed by atoms with E-state index in [-0.39, 0.29) is 12.1 Å². The normalized spacial score (nSPS) is 17.1. The number of halogens is 2. The Balaban J connectivity index is 1.56. The molecule has 1 heterocycles. The Kier molecular flexibility index (Phi) is 4.94. The molecule has 1 aliphatic rings. The summed E-state index contributed by atoms with van der Waals surface area (Å²) in [6.07, 6.45) is 0.908. The third-order valence-corrected chi connectivity index (χ3v) is 4.39. The Morgan fingerprint density at radius 3 is 2.70 bits per heavy atom. The summed E-state index contributed by atoms with van der Waals surface area (Å²) in [7, 11) is 0. The van der Waals surface area contributed by atoms with Crippen LogP contribution in [0.4, 0.5) is 16.2 Å². The maximum absolute atomic E-state index is 12.1. The molecule has 2 N–H and O–H groups in total. The first-order chi connectivity index (χ1) is 11.1. The van der Waals surface area contributed by atoms with Crippen LogP contribution >= 0.6 is 23.2 Å². The highest BCUT2D eigenvalue weighted by atomic mass is 35.5. The number of amides is 2. The van der Waals surface area contributed by atoms with Gasteiger partial charge in [-0.05, 0) is 36.8 Å². The number of hydrogen-bond donors (Lipinski definition) is 2. The Bertz CT molecular complexity index is 693. The fourth-order valence-corrected chi connectivity index (χ4v) is 3.03. The Labute approximate surface area is 145 Å². The van der Waals surface area contributed by atoms with Crippen molar-refractivity contribution in [2.24, 2.45) is 0 Å². The standard InChI is InChI=1S/C17H17Cl2N3O/c18-12-6-7-15(19)16(10-12)21-17(23)20-13-8-9-22(11-13)14-4-2-1-3-5-14/h1-7,10,13H,8-9,11H2,(H2,20,21,23). The summed E-state index contributed by atoms with van der Waals surface area (Å²) in [4.78, 5) is 14.4. The van der Waals surface area contributed by atoms with Crippen molar-refractivity contribution >= 4 is 40.6 Å². The van der Waals surface area contributed by atoms with Gasteiger partial charge in [-0.2, -0.15) is 0 Å². The smallest absolute Gasteiger partial charge is 0.319 e. The molecular formula is C17H17Cl2N3O. The highest BCUT2D eigenvalue weighted by molar-refractivity contribution is 6.35. The predicted octanol–water partition coefficient (Wildman–Crippen LogP) is 4.39. The molecule has 0 saturated carbocycles. The zero-order chi connectivity index (χ0) is 16.2. The first-order valence-corrected chi connectivity index (χ1v) is 8.20. The van der Waals surface area contributed by atoms with Gasteiger partial charge in [0.15, 0.2) is 0 Å². The van der Waals surface area contributed by atoms with E-state index in [1.165, 1.54) is 5.69 Å². The molecule has 120 valence electrons. The average Bonchev–Trinajstić information content (AvgIpc) is 3.00. The van der Waals surface area contributed by atoms with Gasteiger partial charge in [-0.1, -0.05) is 41.4 Å². The van der Waals surface area contributed by atoms with Gasteiger partial charge in [0.05, 0.1) is 10.7 Å². The van der Waals surface area contributed by atoms with E-state index in [4.69, 9.17) is 23.2 Å². The molecule has 1 fully saturated rings. The molecule has 4 nitrogen and oxygen atoms in total. The molecule has 1 aliphatic heterocycles. The van der Waals surface area contributed by atoms with Crippen LogP contribution < -0.4 is 15.5 Å². The van der Waals surface area contributed by atoms with Gasteiger partial charge >= 0.3 is 6.03 Å². The summed E-state index contributed by atoms with van der Waals surface area (Å²) in [6.45, 7) is 1.72. The van der Waals surface area contributed by atoms with Gasteiger partial charge in [0.2, 0.25) is 0 Å². The third-order valence-electron chi connectivity index (χ3n) is 3.82. The van der Waals surface area contributed by atoms with Crippen molar-refractivity contribution in [1.29, 1.82) is 0 Å². The summed E-state index contributed by atoms with van der Waals surface area (Å²) in [5.41, 5.74) is 1.68. The van der Waals surface area contributed by atoms with Gasteiger partial charge in [-0.3, -0.25) is 0 Å². The summed E-state index contributed by atoms with van der Waals surface area (Å²) >= 11 is 12.0. The second kappa shape index (κ2) is 7.11. The quantitative estimate of drug-likeness (QED) is 0.862. The minimum Gasteiger partial charge on any atom is -0.369 e. The molecule has 0 spiro atoms. The maximum Gasteiger partial charge on any atom is 0.319 e. The molecule has 0 aromatic heterocycles. The zero-order valence-corrected chi connectivity index (χ0v) is 13.9. The monoisotopic (exact) mass is 349 g/mol. The minimum atomic E-state index is -0.269. The lowest BCUT2D eigenvalue weighted by molar-refractivity contribution is 0.249. The number of carbonyl (C=O) groups excluding carboxylic acids is 1. The third kappa shape index (κ3) is 4.09. The molecule has 0 aliphatic carbocycles. The lowest BCUT2D eigenvalue weighted by atomic mass is 10.2. The summed E-state index contributed by atoms with van der Waals surface area (Å²) in [5, 5.41) is 6.72. The first-order valence-electron chi connectivity index (χ1n) is 7.44. The SMILES string of the molecule is O=C(Nc1cc(Cl)ccc1Cl)NC1CCN(c2ccccc2)C1. The Hall–Kier alpha value is -1.91. The molecule has 1 atom stereocenters. The Morgan fingerprint density at radius 1 is 1.13 bits per heavy atom. The molecule has 1 unspecified atom stereocenters. The number of urea groups is 1. The van der Waals surface area contributed by atoms with Crippen molar-refractivity contribution in [3.05, 3.63) is 58.6 Å². The fraction of sp³-hybridized carbons (Fsp3) is 0.235. The molecule has 23 heavy (non-hydrogen) atoms. The van der Waals surface area contributed by atoms with E-state index < -0.39 is 0 Å². The lowest BCUT2D eigenvalue weighted by Crippen LogP contribution is -2.39. The van der Waals surface area contributed by atoms with Crippen LogP contribution in [0, 0.1) is 0 Å². The van der Waals surface area contributed by atoms with Gasteiger partial charge in [0.25, 0.3) is 0 Å². The molecule has 2 aromatic rings. The molecule has 0 radical (unpaired) electrons. The van der Waals surface area contributed by atoms with E-state index in [1.54, 1.807) is 18.2 Å². The van der Waals surface area contributed by atoms with Crippen LogP contribution in [0.15, 0.2) is 48.5 Å². The van der Waals surface area contributed by atoms with Crippen LogP contribution in [0.1, 0.15) is 6.42 Å². The minimum absolute atomic E-state index is 0.105. The number of anilines is 2. The molecule has 1 saturated heterocycles. The van der Waals surface area contributed by atoms with Crippen molar-refractivity contribution in [1.82, 2.24) is 5.32 Å². The van der Waals surface area contributed by atoms with Gasteiger partial charge in [0.1, 0.15) is 0 Å². The molecule has 2 amide bonds. The van der Waals surface area contributed by atoms with E-state index in [0.29, 0.717) is 15.7 Å². The van der Waals surface area contributed by atoms with Crippen LogP contribution in [0.25, 0.3) is 0 Å². The number of nitrogens with zero attached hydrogens (tertiary/aromatic N) is 1. The van der Waals surface area contributed by atoms with Crippen molar-refractivity contribution in [3.8, 4) is 0 Å². The zero-order valence-electron chi connectivity index (χ0n) is 12.4. The second-order valence-electron chi connectivity index (χ2n) is 5.49. The number of hydrogen-bond acceptors (Lipinski definition) is 2. The van der Waals surface area contributed by atoms with Crippen molar-refractivity contribution < 1.29 is 4.79 Å². The fourth-order valence-electron chi connectivity index (χ4n) is 2.69. The number of benzene rings is 2. The van der Waals surface area contributed by atoms with E-state index >= 15 is 0 Å². The highest BCUT2D eigenvalue weighted by Gasteiger charge is 2.24. The van der Waals surface area contributed by atoms with Crippen LogP contribution in [0.5, 0.6) is 0 Å². The molecule has 6 heteroatoms. The van der Waals surface area contributed by atoms with Gasteiger partial charge < -0.3 is 15.5 Å². The molecule has 2 aromatic carbocycles. The van der Waals surface area contributed by atoms with Gasteiger partial charge in [-0.15, -0.1) is 0 Å². The second-order valence-corrected chi connectivity index (χ2v) is 6.33. The van der Waals surface area contributed by atoms with Crippen LogP contribution in [0.3, 0.4) is 0 Å². The van der Waals surface area contributed by atoms with Crippen LogP contribution in [0.2, 0.25) is 10.0 Å². The Morgan fingerprint density at radius 2 is 1.91 bits per heavy atom. The van der Waals surface area contributed by atoms with E-state index in [0.717, 1.165) is 19.5 Å². The molecule has 3 rings (SSSR count). The highest BCUT2D eigenvalue weighted by Crippen LogP contribution is 2.25. The van der Waals surface area contributed by atoms with Gasteiger partial charge in [-0.25, -0.2) is 4.79 Å². The summed E-state index contributed by atoms with van der Waals surface area (Å²) in [5.74, 6) is 0. The summed E-state index contributed by atoms with van der Waals surface area (Å²) in [6, 6.07) is 15.0. The molecular weight excluding hydrogens is 333 g/mol. The van der Waals surface area contributed by atoms with Crippen LogP contribution in [-0.4, -0.2) is 25.2 Å². The topological polar surface area (TPSA) is 44.4 Å². The summed E-state index contributed by atoms with van der Waals surface area (Å²) < 4.78 is 0. The first kappa shape index (κ1) is 16.0. The van der Waals surface area contributed by atoms with Crippen molar-refractivity contribution in [3.63, 3.8) is 0 Å². The van der Waals surface area contributed by atoms with E-state index in [2.05, 4.69) is 27.7 Å². The average molecular weight is 350 g/mol.